The van der Waals surface area contributed by atoms with Crippen LogP contribution < -0.4 is 5.32 Å². The number of hydrogen-bond donors (Lipinski definition) is 1. The summed E-state index contributed by atoms with van der Waals surface area (Å²) in [5.74, 6) is 0.886. The molecule has 0 atom stereocenters. The van der Waals surface area contributed by atoms with Crippen LogP contribution >= 0.6 is 0 Å². The Labute approximate surface area is 106 Å². The minimum absolute atomic E-state index is 0.634. The molecule has 0 spiro atoms. The topological polar surface area (TPSA) is 69.8 Å². The zero-order valence-electron chi connectivity index (χ0n) is 10.7. The van der Waals surface area contributed by atoms with Crippen molar-refractivity contribution in [2.45, 2.75) is 13.1 Å². The number of aromatic nitrogens is 5. The van der Waals surface area contributed by atoms with Gasteiger partial charge in [0.2, 0.25) is 0 Å². The molecule has 0 amide bonds. The van der Waals surface area contributed by atoms with E-state index in [0.717, 1.165) is 24.6 Å². The lowest BCUT2D eigenvalue weighted by Crippen LogP contribution is -2.19. The van der Waals surface area contributed by atoms with E-state index in [-0.39, 0.29) is 0 Å². The van der Waals surface area contributed by atoms with Crippen LogP contribution in [-0.2, 0) is 24.9 Å². The standard InChI is InChI=1S/C11H18N6O/c1-16-11(13-9-14-16)8-17-5-3-10(15-17)7-12-4-6-18-2/h3,5,9,12H,4,6-8H2,1-2H3. The molecule has 18 heavy (non-hydrogen) atoms. The van der Waals surface area contributed by atoms with E-state index >= 15 is 0 Å². The van der Waals surface area contributed by atoms with Crippen molar-refractivity contribution < 1.29 is 4.74 Å². The van der Waals surface area contributed by atoms with Crippen LogP contribution in [0.2, 0.25) is 0 Å². The molecule has 2 heterocycles. The number of rotatable bonds is 7. The molecule has 0 aliphatic carbocycles. The average molecular weight is 250 g/mol. The van der Waals surface area contributed by atoms with Gasteiger partial charge in [-0.05, 0) is 6.07 Å². The van der Waals surface area contributed by atoms with Crippen LogP contribution in [0.25, 0.3) is 0 Å². The van der Waals surface area contributed by atoms with Crippen LogP contribution in [0.3, 0.4) is 0 Å². The van der Waals surface area contributed by atoms with E-state index in [9.17, 15) is 0 Å². The second-order valence-corrected chi connectivity index (χ2v) is 3.97. The molecule has 0 fully saturated rings. The van der Waals surface area contributed by atoms with E-state index in [1.54, 1.807) is 18.1 Å². The highest BCUT2D eigenvalue weighted by molar-refractivity contribution is 4.99. The summed E-state index contributed by atoms with van der Waals surface area (Å²) in [5, 5.41) is 11.7. The molecule has 0 unspecified atom stereocenters. The van der Waals surface area contributed by atoms with Gasteiger partial charge in [-0.15, -0.1) is 0 Å². The molecule has 0 saturated heterocycles. The molecule has 0 radical (unpaired) electrons. The molecule has 1 N–H and O–H groups in total. The molecule has 0 bridgehead atoms. The van der Waals surface area contributed by atoms with E-state index in [1.807, 2.05) is 24.0 Å². The smallest absolute Gasteiger partial charge is 0.148 e. The Morgan fingerprint density at radius 3 is 3.06 bits per heavy atom. The van der Waals surface area contributed by atoms with Gasteiger partial charge in [0.05, 0.1) is 12.3 Å². The molecular weight excluding hydrogens is 232 g/mol. The van der Waals surface area contributed by atoms with Crippen molar-refractivity contribution in [1.29, 1.82) is 0 Å². The first kappa shape index (κ1) is 12.7. The minimum Gasteiger partial charge on any atom is -0.383 e. The van der Waals surface area contributed by atoms with Gasteiger partial charge in [-0.25, -0.2) is 4.98 Å². The summed E-state index contributed by atoms with van der Waals surface area (Å²) in [6.45, 7) is 2.91. The Kier molecular flexibility index (Phi) is 4.43. The number of hydrogen-bond acceptors (Lipinski definition) is 5. The Morgan fingerprint density at radius 1 is 1.44 bits per heavy atom. The minimum atomic E-state index is 0.634. The number of ether oxygens (including phenoxy) is 1. The summed E-state index contributed by atoms with van der Waals surface area (Å²) >= 11 is 0. The van der Waals surface area contributed by atoms with E-state index in [1.165, 1.54) is 0 Å². The van der Waals surface area contributed by atoms with Gasteiger partial charge >= 0.3 is 0 Å². The van der Waals surface area contributed by atoms with Crippen molar-refractivity contribution in [2.24, 2.45) is 7.05 Å². The molecule has 0 aliphatic rings. The normalized spacial score (nSPS) is 11.0. The van der Waals surface area contributed by atoms with Gasteiger partial charge < -0.3 is 10.1 Å². The maximum atomic E-state index is 4.96. The molecule has 0 saturated carbocycles. The van der Waals surface area contributed by atoms with Crippen molar-refractivity contribution in [2.75, 3.05) is 20.3 Å². The molecule has 2 aromatic heterocycles. The molecular formula is C11H18N6O. The van der Waals surface area contributed by atoms with Crippen molar-refractivity contribution in [1.82, 2.24) is 29.9 Å². The fourth-order valence-corrected chi connectivity index (χ4v) is 1.58. The predicted octanol–water partition coefficient (Wildman–Crippen LogP) is -0.204. The van der Waals surface area contributed by atoms with E-state index in [2.05, 4.69) is 20.5 Å². The van der Waals surface area contributed by atoms with Gasteiger partial charge in [-0.1, -0.05) is 0 Å². The molecule has 2 rings (SSSR count). The SMILES string of the molecule is COCCNCc1ccn(Cc2ncnn2C)n1. The van der Waals surface area contributed by atoms with E-state index in [4.69, 9.17) is 4.74 Å². The summed E-state index contributed by atoms with van der Waals surface area (Å²) < 4.78 is 8.57. The molecule has 7 nitrogen and oxygen atoms in total. The fourth-order valence-electron chi connectivity index (χ4n) is 1.58. The highest BCUT2D eigenvalue weighted by atomic mass is 16.5. The fraction of sp³-hybridized carbons (Fsp3) is 0.545. The first-order chi connectivity index (χ1) is 8.79. The third-order valence-corrected chi connectivity index (χ3v) is 2.59. The Hall–Kier alpha value is -1.73. The Morgan fingerprint density at radius 2 is 2.33 bits per heavy atom. The van der Waals surface area contributed by atoms with Crippen molar-refractivity contribution in [3.05, 3.63) is 30.1 Å². The van der Waals surface area contributed by atoms with E-state index in [0.29, 0.717) is 13.2 Å². The summed E-state index contributed by atoms with van der Waals surface area (Å²) in [6, 6.07) is 2.00. The third-order valence-electron chi connectivity index (χ3n) is 2.59. The Balaban J connectivity index is 1.84. The van der Waals surface area contributed by atoms with Gasteiger partial charge in [0.1, 0.15) is 18.7 Å². The predicted molar refractivity (Wildman–Crippen MR) is 65.9 cm³/mol. The highest BCUT2D eigenvalue weighted by Crippen LogP contribution is 1.99. The average Bonchev–Trinajstić information content (AvgIpc) is 2.96. The molecule has 0 aliphatic heterocycles. The third kappa shape index (κ3) is 3.38. The largest absolute Gasteiger partial charge is 0.383 e. The summed E-state index contributed by atoms with van der Waals surface area (Å²) in [6.07, 6.45) is 3.49. The number of nitrogens with one attached hydrogen (secondary N) is 1. The number of methoxy groups -OCH3 is 1. The lowest BCUT2D eigenvalue weighted by Gasteiger charge is -2.02. The molecule has 7 heteroatoms. The maximum Gasteiger partial charge on any atom is 0.148 e. The highest BCUT2D eigenvalue weighted by Gasteiger charge is 2.03. The van der Waals surface area contributed by atoms with Gasteiger partial charge in [0, 0.05) is 33.4 Å². The summed E-state index contributed by atoms with van der Waals surface area (Å²) in [7, 11) is 3.57. The van der Waals surface area contributed by atoms with Crippen LogP contribution in [0.4, 0.5) is 0 Å². The van der Waals surface area contributed by atoms with Gasteiger partial charge in [0.25, 0.3) is 0 Å². The van der Waals surface area contributed by atoms with Crippen LogP contribution in [0, 0.1) is 0 Å². The van der Waals surface area contributed by atoms with Crippen LogP contribution in [0.15, 0.2) is 18.6 Å². The van der Waals surface area contributed by atoms with Crippen molar-refractivity contribution in [3.8, 4) is 0 Å². The van der Waals surface area contributed by atoms with Gasteiger partial charge in [-0.3, -0.25) is 9.36 Å². The van der Waals surface area contributed by atoms with Gasteiger partial charge in [-0.2, -0.15) is 10.2 Å². The first-order valence-corrected chi connectivity index (χ1v) is 5.84. The number of aryl methyl sites for hydroxylation is 1. The number of nitrogens with zero attached hydrogens (tertiary/aromatic N) is 5. The van der Waals surface area contributed by atoms with E-state index < -0.39 is 0 Å². The second kappa shape index (κ2) is 6.27. The van der Waals surface area contributed by atoms with Crippen LogP contribution in [0.1, 0.15) is 11.5 Å². The monoisotopic (exact) mass is 250 g/mol. The molecule has 0 aromatic carbocycles. The zero-order valence-corrected chi connectivity index (χ0v) is 10.7. The van der Waals surface area contributed by atoms with Crippen molar-refractivity contribution >= 4 is 0 Å². The lowest BCUT2D eigenvalue weighted by atomic mass is 10.4. The van der Waals surface area contributed by atoms with Gasteiger partial charge in [0.15, 0.2) is 0 Å². The molecule has 2 aromatic rings. The lowest BCUT2D eigenvalue weighted by molar-refractivity contribution is 0.199. The molecule has 98 valence electrons. The van der Waals surface area contributed by atoms with Crippen molar-refractivity contribution in [3.63, 3.8) is 0 Å². The first-order valence-electron chi connectivity index (χ1n) is 5.84. The second-order valence-electron chi connectivity index (χ2n) is 3.97. The van der Waals surface area contributed by atoms with Crippen LogP contribution in [0.5, 0.6) is 0 Å². The Bertz CT molecular complexity index is 477. The summed E-state index contributed by atoms with van der Waals surface area (Å²) in [4.78, 5) is 4.17. The van der Waals surface area contributed by atoms with Crippen LogP contribution in [-0.4, -0.2) is 44.8 Å². The summed E-state index contributed by atoms with van der Waals surface area (Å²) in [5.41, 5.74) is 1.01. The quantitative estimate of drug-likeness (QED) is 0.689. The zero-order chi connectivity index (χ0) is 12.8. The maximum absolute atomic E-state index is 4.96.